The van der Waals surface area contributed by atoms with Crippen LogP contribution in [0.3, 0.4) is 0 Å². The molecule has 0 aliphatic heterocycles. The Labute approximate surface area is 173 Å². The lowest BCUT2D eigenvalue weighted by Crippen LogP contribution is -2.47. The highest BCUT2D eigenvalue weighted by Gasteiger charge is 2.43. The van der Waals surface area contributed by atoms with Gasteiger partial charge >= 0.3 is 0 Å². The van der Waals surface area contributed by atoms with Crippen molar-refractivity contribution in [1.29, 1.82) is 0 Å². The number of hydrogen-bond acceptors (Lipinski definition) is 2. The zero-order chi connectivity index (χ0) is 20.2. The average molecular weight is 387 g/mol. The molecule has 1 aliphatic carbocycles. The monoisotopic (exact) mass is 386 g/mol. The van der Waals surface area contributed by atoms with E-state index < -0.39 is 0 Å². The van der Waals surface area contributed by atoms with Crippen LogP contribution in [-0.4, -0.2) is 19.8 Å². The van der Waals surface area contributed by atoms with Crippen LogP contribution in [0.4, 0.5) is 0 Å². The van der Waals surface area contributed by atoms with Gasteiger partial charge in [-0.05, 0) is 42.6 Å². The molecule has 1 aliphatic rings. The van der Waals surface area contributed by atoms with Crippen molar-refractivity contribution in [2.75, 3.05) is 13.7 Å². The van der Waals surface area contributed by atoms with E-state index >= 15 is 0 Å². The lowest BCUT2D eigenvalue weighted by Gasteiger charge is -2.46. The van der Waals surface area contributed by atoms with Crippen LogP contribution in [0.25, 0.3) is 0 Å². The van der Waals surface area contributed by atoms with Gasteiger partial charge in [0.25, 0.3) is 0 Å². The SMILES string of the molecule is CCCCCCCC=C[C@@H]1CCC(C)(C)[C@H](OC)[C@H]1COCc1ccccc1. The Morgan fingerprint density at radius 2 is 1.82 bits per heavy atom. The smallest absolute Gasteiger partial charge is 0.0717 e. The average Bonchev–Trinajstić information content (AvgIpc) is 2.69. The Kier molecular flexibility index (Phi) is 10.3. The van der Waals surface area contributed by atoms with E-state index in [4.69, 9.17) is 9.47 Å². The topological polar surface area (TPSA) is 18.5 Å². The van der Waals surface area contributed by atoms with Crippen LogP contribution in [0.15, 0.2) is 42.5 Å². The molecule has 158 valence electrons. The molecular weight excluding hydrogens is 344 g/mol. The number of benzene rings is 1. The minimum atomic E-state index is 0.208. The number of allylic oxidation sites excluding steroid dienone is 2. The van der Waals surface area contributed by atoms with Gasteiger partial charge in [-0.1, -0.05) is 88.9 Å². The minimum absolute atomic E-state index is 0.208. The number of ether oxygens (including phenoxy) is 2. The summed E-state index contributed by atoms with van der Waals surface area (Å²) in [6.07, 6.45) is 15.5. The van der Waals surface area contributed by atoms with Gasteiger partial charge in [0.1, 0.15) is 0 Å². The maximum absolute atomic E-state index is 6.17. The summed E-state index contributed by atoms with van der Waals surface area (Å²) >= 11 is 0. The largest absolute Gasteiger partial charge is 0.381 e. The molecule has 0 heterocycles. The molecule has 0 unspecified atom stereocenters. The van der Waals surface area contributed by atoms with Crippen molar-refractivity contribution in [3.63, 3.8) is 0 Å². The Bertz CT molecular complexity index is 549. The summed E-state index contributed by atoms with van der Waals surface area (Å²) in [5, 5.41) is 0. The molecule has 1 aromatic carbocycles. The van der Waals surface area contributed by atoms with Gasteiger partial charge in [-0.25, -0.2) is 0 Å². The molecule has 1 saturated carbocycles. The van der Waals surface area contributed by atoms with E-state index in [0.717, 1.165) is 6.61 Å². The van der Waals surface area contributed by atoms with Crippen molar-refractivity contribution in [3.05, 3.63) is 48.0 Å². The minimum Gasteiger partial charge on any atom is -0.381 e. The van der Waals surface area contributed by atoms with Gasteiger partial charge in [0, 0.05) is 13.0 Å². The van der Waals surface area contributed by atoms with Gasteiger partial charge < -0.3 is 9.47 Å². The Morgan fingerprint density at radius 3 is 2.54 bits per heavy atom. The van der Waals surface area contributed by atoms with Gasteiger partial charge in [-0.2, -0.15) is 0 Å². The Balaban J connectivity index is 1.90. The van der Waals surface area contributed by atoms with Gasteiger partial charge in [0.15, 0.2) is 0 Å². The highest BCUT2D eigenvalue weighted by atomic mass is 16.5. The predicted octanol–water partition coefficient (Wildman–Crippen LogP) is 7.19. The summed E-state index contributed by atoms with van der Waals surface area (Å²) < 4.78 is 12.2. The van der Waals surface area contributed by atoms with Crippen LogP contribution in [-0.2, 0) is 16.1 Å². The van der Waals surface area contributed by atoms with Gasteiger partial charge in [0.2, 0.25) is 0 Å². The van der Waals surface area contributed by atoms with Gasteiger partial charge in [-0.3, -0.25) is 0 Å². The van der Waals surface area contributed by atoms with Gasteiger partial charge in [0.05, 0.1) is 19.3 Å². The zero-order valence-corrected chi connectivity index (χ0v) is 18.7. The highest BCUT2D eigenvalue weighted by Crippen LogP contribution is 2.44. The normalized spacial score (nSPS) is 24.6. The van der Waals surface area contributed by atoms with Crippen LogP contribution in [0.5, 0.6) is 0 Å². The lowest BCUT2D eigenvalue weighted by molar-refractivity contribution is -0.103. The number of hydrogen-bond donors (Lipinski definition) is 0. The summed E-state index contributed by atoms with van der Waals surface area (Å²) in [7, 11) is 1.87. The maximum Gasteiger partial charge on any atom is 0.0717 e. The molecule has 1 fully saturated rings. The highest BCUT2D eigenvalue weighted by molar-refractivity contribution is 5.13. The predicted molar refractivity (Wildman–Crippen MR) is 119 cm³/mol. The molecule has 0 radical (unpaired) electrons. The molecule has 0 N–H and O–H groups in total. The number of rotatable bonds is 12. The summed E-state index contributed by atoms with van der Waals surface area (Å²) in [5.74, 6) is 0.984. The maximum atomic E-state index is 6.17. The Hall–Kier alpha value is -1.12. The second-order valence-corrected chi connectivity index (χ2v) is 9.14. The molecule has 2 rings (SSSR count). The van der Waals surface area contributed by atoms with Crippen molar-refractivity contribution in [3.8, 4) is 0 Å². The Morgan fingerprint density at radius 1 is 1.07 bits per heavy atom. The molecule has 0 aromatic heterocycles. The second kappa shape index (κ2) is 12.4. The molecule has 2 heteroatoms. The molecular formula is C26H42O2. The standard InChI is InChI=1S/C26H42O2/c1-5-6-7-8-9-10-14-17-23-18-19-26(2,3)25(27-4)24(23)21-28-20-22-15-12-11-13-16-22/h11-17,23-25H,5-10,18-21H2,1-4H3/t23-,24+,25-/m1/s1. The van der Waals surface area contributed by atoms with E-state index in [1.165, 1.54) is 56.9 Å². The fraction of sp³-hybridized carbons (Fsp3) is 0.692. The van der Waals surface area contributed by atoms with Crippen molar-refractivity contribution in [2.45, 2.75) is 84.8 Å². The van der Waals surface area contributed by atoms with Crippen LogP contribution < -0.4 is 0 Å². The van der Waals surface area contributed by atoms with Crippen LogP contribution in [0, 0.1) is 17.3 Å². The first-order valence-electron chi connectivity index (χ1n) is 11.4. The van der Waals surface area contributed by atoms with E-state index in [1.807, 2.05) is 7.11 Å². The lowest BCUT2D eigenvalue weighted by atomic mass is 9.65. The third kappa shape index (κ3) is 7.37. The first-order valence-corrected chi connectivity index (χ1v) is 11.4. The van der Waals surface area contributed by atoms with Gasteiger partial charge in [-0.15, -0.1) is 0 Å². The summed E-state index contributed by atoms with van der Waals surface area (Å²) in [6, 6.07) is 10.5. The molecule has 28 heavy (non-hydrogen) atoms. The van der Waals surface area contributed by atoms with E-state index in [0.29, 0.717) is 18.4 Å². The second-order valence-electron chi connectivity index (χ2n) is 9.14. The molecule has 3 atom stereocenters. The van der Waals surface area contributed by atoms with Crippen molar-refractivity contribution < 1.29 is 9.47 Å². The van der Waals surface area contributed by atoms with Crippen LogP contribution in [0.1, 0.15) is 77.7 Å². The summed E-state index contributed by atoms with van der Waals surface area (Å²) in [5.41, 5.74) is 1.45. The fourth-order valence-electron chi connectivity index (χ4n) is 4.67. The molecule has 2 nitrogen and oxygen atoms in total. The zero-order valence-electron chi connectivity index (χ0n) is 18.7. The number of methoxy groups -OCH3 is 1. The van der Waals surface area contributed by atoms with Crippen LogP contribution >= 0.6 is 0 Å². The quantitative estimate of drug-likeness (QED) is 0.279. The summed E-state index contributed by atoms with van der Waals surface area (Å²) in [6.45, 7) is 8.42. The van der Waals surface area contributed by atoms with E-state index in [9.17, 15) is 0 Å². The first kappa shape index (κ1) is 23.2. The molecule has 0 spiro atoms. The van der Waals surface area contributed by atoms with Crippen molar-refractivity contribution >= 4 is 0 Å². The van der Waals surface area contributed by atoms with E-state index in [-0.39, 0.29) is 11.5 Å². The molecule has 0 saturated heterocycles. The molecule has 1 aromatic rings. The van der Waals surface area contributed by atoms with E-state index in [1.54, 1.807) is 0 Å². The van der Waals surface area contributed by atoms with Crippen molar-refractivity contribution in [1.82, 2.24) is 0 Å². The summed E-state index contributed by atoms with van der Waals surface area (Å²) in [4.78, 5) is 0. The fourth-order valence-corrected chi connectivity index (χ4v) is 4.67. The third-order valence-corrected chi connectivity index (χ3v) is 6.36. The van der Waals surface area contributed by atoms with Crippen molar-refractivity contribution in [2.24, 2.45) is 17.3 Å². The number of unbranched alkanes of at least 4 members (excludes halogenated alkanes) is 5. The molecule has 0 amide bonds. The first-order chi connectivity index (χ1) is 13.6. The van der Waals surface area contributed by atoms with Crippen LogP contribution in [0.2, 0.25) is 0 Å². The molecule has 0 bridgehead atoms. The third-order valence-electron chi connectivity index (χ3n) is 6.36. The van der Waals surface area contributed by atoms with E-state index in [2.05, 4.69) is 63.3 Å².